The largest absolute Gasteiger partial charge is 0.469 e. The molecule has 0 heterocycles. The molecule has 0 fully saturated rings. The van der Waals surface area contributed by atoms with Gasteiger partial charge in [-0.2, -0.15) is 0 Å². The smallest absolute Gasteiger partial charge is 0.319 e. The quantitative estimate of drug-likeness (QED) is 0.540. The third kappa shape index (κ3) is 7.40. The summed E-state index contributed by atoms with van der Waals surface area (Å²) >= 11 is 3.38. The van der Waals surface area contributed by atoms with Crippen molar-refractivity contribution in [3.63, 3.8) is 0 Å². The zero-order valence-corrected chi connectivity index (χ0v) is 17.0. The van der Waals surface area contributed by atoms with Crippen molar-refractivity contribution < 1.29 is 19.1 Å². The van der Waals surface area contributed by atoms with Crippen molar-refractivity contribution in [1.82, 2.24) is 10.6 Å². The van der Waals surface area contributed by atoms with Gasteiger partial charge in [-0.1, -0.05) is 46.3 Å². The summed E-state index contributed by atoms with van der Waals surface area (Å²) in [6, 6.07) is 15.4. The Morgan fingerprint density at radius 1 is 1.07 bits per heavy atom. The number of carbonyl (C=O) groups is 3. The fourth-order valence-corrected chi connectivity index (χ4v) is 2.90. The van der Waals surface area contributed by atoms with E-state index >= 15 is 0 Å². The van der Waals surface area contributed by atoms with E-state index in [-0.39, 0.29) is 25.3 Å². The van der Waals surface area contributed by atoms with Gasteiger partial charge in [0.25, 0.3) is 0 Å². The Morgan fingerprint density at radius 3 is 2.50 bits per heavy atom. The molecule has 0 spiro atoms. The van der Waals surface area contributed by atoms with E-state index in [0.29, 0.717) is 5.69 Å². The molecule has 0 bridgehead atoms. The molecule has 1 atom stereocenters. The van der Waals surface area contributed by atoms with E-state index in [1.807, 2.05) is 42.5 Å². The third-order valence-electron chi connectivity index (χ3n) is 3.85. The van der Waals surface area contributed by atoms with Crippen LogP contribution in [0.1, 0.15) is 24.4 Å². The van der Waals surface area contributed by atoms with Crippen LogP contribution in [0.2, 0.25) is 0 Å². The maximum atomic E-state index is 12.3. The minimum absolute atomic E-state index is 0.0145. The monoisotopic (exact) mass is 447 g/mol. The highest BCUT2D eigenvalue weighted by Gasteiger charge is 2.19. The number of benzene rings is 2. The molecule has 7 nitrogen and oxygen atoms in total. The normalized spacial score (nSPS) is 11.2. The summed E-state index contributed by atoms with van der Waals surface area (Å²) in [6.45, 7) is 0.161. The second-order valence-electron chi connectivity index (χ2n) is 5.95. The van der Waals surface area contributed by atoms with Crippen molar-refractivity contribution in [2.45, 2.75) is 18.9 Å². The van der Waals surface area contributed by atoms with Gasteiger partial charge in [0, 0.05) is 23.1 Å². The lowest BCUT2D eigenvalue weighted by molar-refractivity contribution is -0.141. The summed E-state index contributed by atoms with van der Waals surface area (Å²) in [4.78, 5) is 35.8. The second-order valence-corrected chi connectivity index (χ2v) is 6.87. The highest BCUT2D eigenvalue weighted by atomic mass is 79.9. The molecule has 8 heteroatoms. The van der Waals surface area contributed by atoms with Gasteiger partial charge < -0.3 is 20.7 Å². The Morgan fingerprint density at radius 2 is 1.82 bits per heavy atom. The van der Waals surface area contributed by atoms with Crippen LogP contribution in [0.5, 0.6) is 0 Å². The minimum atomic E-state index is -0.518. The van der Waals surface area contributed by atoms with Gasteiger partial charge in [-0.15, -0.1) is 0 Å². The number of urea groups is 1. The Kier molecular flexibility index (Phi) is 8.48. The van der Waals surface area contributed by atoms with E-state index in [2.05, 4.69) is 31.9 Å². The Labute approximate surface area is 172 Å². The van der Waals surface area contributed by atoms with Crippen LogP contribution >= 0.6 is 15.9 Å². The fraction of sp³-hybridized carbons (Fsp3) is 0.250. The fourth-order valence-electron chi connectivity index (χ4n) is 2.48. The summed E-state index contributed by atoms with van der Waals surface area (Å²) in [6.07, 6.45) is 0.0918. The van der Waals surface area contributed by atoms with E-state index in [4.69, 9.17) is 4.74 Å². The number of ether oxygens (including phenoxy) is 1. The zero-order valence-electron chi connectivity index (χ0n) is 15.4. The van der Waals surface area contributed by atoms with Crippen LogP contribution in [-0.2, 0) is 14.3 Å². The van der Waals surface area contributed by atoms with Gasteiger partial charge >= 0.3 is 12.0 Å². The first-order valence-electron chi connectivity index (χ1n) is 8.69. The lowest BCUT2D eigenvalue weighted by Crippen LogP contribution is -2.35. The molecular weight excluding hydrogens is 426 g/mol. The van der Waals surface area contributed by atoms with Crippen molar-refractivity contribution in [2.75, 3.05) is 19.0 Å². The molecule has 0 aromatic heterocycles. The topological polar surface area (TPSA) is 96.5 Å². The Bertz CT molecular complexity index is 814. The number of rotatable bonds is 8. The average Bonchev–Trinajstić information content (AvgIpc) is 2.68. The molecule has 2 rings (SSSR count). The molecule has 2 aromatic rings. The van der Waals surface area contributed by atoms with Crippen LogP contribution in [0.25, 0.3) is 0 Å². The Balaban J connectivity index is 1.85. The summed E-state index contributed by atoms with van der Waals surface area (Å²) in [5.41, 5.74) is 1.44. The first kappa shape index (κ1) is 21.4. The minimum Gasteiger partial charge on any atom is -0.469 e. The molecule has 1 unspecified atom stereocenters. The summed E-state index contributed by atoms with van der Waals surface area (Å²) < 4.78 is 5.56. The van der Waals surface area contributed by atoms with Crippen LogP contribution in [0.15, 0.2) is 59.1 Å². The van der Waals surface area contributed by atoms with Gasteiger partial charge in [-0.05, 0) is 29.8 Å². The van der Waals surface area contributed by atoms with Crippen molar-refractivity contribution in [2.24, 2.45) is 0 Å². The van der Waals surface area contributed by atoms with Gasteiger partial charge in [0.15, 0.2) is 0 Å². The summed E-state index contributed by atoms with van der Waals surface area (Å²) in [7, 11) is 1.30. The summed E-state index contributed by atoms with van der Waals surface area (Å²) in [5, 5.41) is 8.12. The SMILES string of the molecule is COC(=O)CC(NC(=O)CCNC(=O)Nc1ccccc1)c1cccc(Br)c1. The van der Waals surface area contributed by atoms with Gasteiger partial charge in [-0.3, -0.25) is 9.59 Å². The van der Waals surface area contributed by atoms with E-state index < -0.39 is 18.0 Å². The molecule has 0 aliphatic rings. The summed E-state index contributed by atoms with van der Waals surface area (Å²) in [5.74, 6) is -0.709. The van der Waals surface area contributed by atoms with Crippen LogP contribution in [0.4, 0.5) is 10.5 Å². The molecule has 0 saturated carbocycles. The molecule has 2 aromatic carbocycles. The number of anilines is 1. The molecule has 148 valence electrons. The average molecular weight is 448 g/mol. The molecule has 28 heavy (non-hydrogen) atoms. The van der Waals surface area contributed by atoms with Crippen LogP contribution in [-0.4, -0.2) is 31.6 Å². The van der Waals surface area contributed by atoms with E-state index in [0.717, 1.165) is 10.0 Å². The van der Waals surface area contributed by atoms with E-state index in [9.17, 15) is 14.4 Å². The molecule has 0 aliphatic carbocycles. The van der Waals surface area contributed by atoms with Gasteiger partial charge in [0.2, 0.25) is 5.91 Å². The first-order valence-corrected chi connectivity index (χ1v) is 9.49. The predicted molar refractivity (Wildman–Crippen MR) is 110 cm³/mol. The highest BCUT2D eigenvalue weighted by molar-refractivity contribution is 9.10. The molecule has 0 radical (unpaired) electrons. The molecule has 0 saturated heterocycles. The molecule has 0 aliphatic heterocycles. The number of hydrogen-bond acceptors (Lipinski definition) is 4. The maximum absolute atomic E-state index is 12.3. The van der Waals surface area contributed by atoms with Gasteiger partial charge in [0.1, 0.15) is 0 Å². The molecular formula is C20H22BrN3O4. The van der Waals surface area contributed by atoms with Crippen LogP contribution in [0.3, 0.4) is 0 Å². The second kappa shape index (κ2) is 11.1. The van der Waals surface area contributed by atoms with Crippen molar-refractivity contribution >= 4 is 39.5 Å². The lowest BCUT2D eigenvalue weighted by Gasteiger charge is -2.18. The number of para-hydroxylation sites is 1. The number of nitrogens with one attached hydrogen (secondary N) is 3. The molecule has 3 N–H and O–H groups in total. The zero-order chi connectivity index (χ0) is 20.4. The third-order valence-corrected chi connectivity index (χ3v) is 4.35. The van der Waals surface area contributed by atoms with E-state index in [1.165, 1.54) is 7.11 Å². The van der Waals surface area contributed by atoms with Gasteiger partial charge in [0.05, 0.1) is 19.6 Å². The lowest BCUT2D eigenvalue weighted by atomic mass is 10.0. The number of methoxy groups -OCH3 is 1. The van der Waals surface area contributed by atoms with Crippen molar-refractivity contribution in [3.8, 4) is 0 Å². The maximum Gasteiger partial charge on any atom is 0.319 e. The first-order chi connectivity index (χ1) is 13.5. The highest BCUT2D eigenvalue weighted by Crippen LogP contribution is 2.21. The van der Waals surface area contributed by atoms with Crippen LogP contribution in [0, 0.1) is 0 Å². The molecule has 3 amide bonds. The standard InChI is InChI=1S/C20H22BrN3O4/c1-28-19(26)13-17(14-6-5-7-15(21)12-14)24-18(25)10-11-22-20(27)23-16-8-3-2-4-9-16/h2-9,12,17H,10-11,13H2,1H3,(H,24,25)(H2,22,23,27). The van der Waals surface area contributed by atoms with Crippen molar-refractivity contribution in [3.05, 3.63) is 64.6 Å². The number of carbonyl (C=O) groups excluding carboxylic acids is 3. The predicted octanol–water partition coefficient (Wildman–Crippen LogP) is 3.38. The van der Waals surface area contributed by atoms with Gasteiger partial charge in [-0.25, -0.2) is 4.79 Å². The van der Waals surface area contributed by atoms with Crippen molar-refractivity contribution in [1.29, 1.82) is 0 Å². The number of amides is 3. The number of esters is 1. The number of halogens is 1. The van der Waals surface area contributed by atoms with Crippen LogP contribution < -0.4 is 16.0 Å². The number of hydrogen-bond donors (Lipinski definition) is 3. The Hall–Kier alpha value is -2.87. The van der Waals surface area contributed by atoms with E-state index in [1.54, 1.807) is 12.1 Å².